The summed E-state index contributed by atoms with van der Waals surface area (Å²) in [7, 11) is 1.65. The van der Waals surface area contributed by atoms with Crippen LogP contribution in [0.25, 0.3) is 0 Å². The number of likely N-dealkylation sites (N-methyl/N-ethyl adjacent to an activating group) is 1. The average Bonchev–Trinajstić information content (AvgIpc) is 2.36. The average molecular weight is 395 g/mol. The van der Waals surface area contributed by atoms with Crippen LogP contribution in [0.15, 0.2) is 27.1 Å². The third kappa shape index (κ3) is 4.47. The number of hydrogen-bond acceptors (Lipinski definition) is 3. The van der Waals surface area contributed by atoms with Crippen LogP contribution in [0.3, 0.4) is 0 Å². The van der Waals surface area contributed by atoms with Gasteiger partial charge in [0.1, 0.15) is 5.75 Å². The zero-order valence-corrected chi connectivity index (χ0v) is 14.3. The van der Waals surface area contributed by atoms with Crippen molar-refractivity contribution in [2.24, 2.45) is 0 Å². The molecule has 0 saturated heterocycles. The van der Waals surface area contributed by atoms with Gasteiger partial charge in [0, 0.05) is 11.5 Å². The van der Waals surface area contributed by atoms with Crippen molar-refractivity contribution in [2.75, 3.05) is 20.3 Å². The van der Waals surface area contributed by atoms with Crippen molar-refractivity contribution in [1.82, 2.24) is 4.90 Å². The van der Waals surface area contributed by atoms with Crippen LogP contribution in [0.1, 0.15) is 13.8 Å². The molecule has 1 aromatic carbocycles. The van der Waals surface area contributed by atoms with E-state index in [1.807, 2.05) is 12.1 Å². The molecule has 0 atom stereocenters. The molecule has 1 amide bonds. The maximum atomic E-state index is 12.0. The maximum Gasteiger partial charge on any atom is 0.260 e. The molecule has 0 aliphatic carbocycles. The standard InChI is InChI=1S/C13H17Br2NO3/c1-13(2,8-17)16(3)12(18)7-19-11-5-4-9(14)6-10(11)15/h4-6,17H,7-8H2,1-3H3. The summed E-state index contributed by atoms with van der Waals surface area (Å²) < 4.78 is 7.18. The van der Waals surface area contributed by atoms with Crippen molar-refractivity contribution in [1.29, 1.82) is 0 Å². The summed E-state index contributed by atoms with van der Waals surface area (Å²) in [5.74, 6) is 0.417. The van der Waals surface area contributed by atoms with E-state index in [4.69, 9.17) is 4.74 Å². The Morgan fingerprint density at radius 1 is 1.42 bits per heavy atom. The third-order valence-corrected chi connectivity index (χ3v) is 4.03. The first-order valence-corrected chi connectivity index (χ1v) is 7.32. The summed E-state index contributed by atoms with van der Waals surface area (Å²) in [6.45, 7) is 3.41. The van der Waals surface area contributed by atoms with Crippen LogP contribution >= 0.6 is 31.9 Å². The first kappa shape index (κ1) is 16.5. The lowest BCUT2D eigenvalue weighted by atomic mass is 10.1. The van der Waals surface area contributed by atoms with Crippen LogP contribution in [0.4, 0.5) is 0 Å². The number of carbonyl (C=O) groups excluding carboxylic acids is 1. The molecule has 19 heavy (non-hydrogen) atoms. The number of halogens is 2. The molecule has 0 spiro atoms. The smallest absolute Gasteiger partial charge is 0.260 e. The van der Waals surface area contributed by atoms with E-state index in [0.29, 0.717) is 5.75 Å². The Bertz CT molecular complexity index is 463. The predicted octanol–water partition coefficient (Wildman–Crippen LogP) is 2.82. The number of amides is 1. The van der Waals surface area contributed by atoms with E-state index in [-0.39, 0.29) is 19.1 Å². The highest BCUT2D eigenvalue weighted by Crippen LogP contribution is 2.28. The van der Waals surface area contributed by atoms with Gasteiger partial charge in [-0.3, -0.25) is 4.79 Å². The second-order valence-corrected chi connectivity index (χ2v) is 6.56. The fourth-order valence-corrected chi connectivity index (χ4v) is 2.43. The number of nitrogens with zero attached hydrogens (tertiary/aromatic N) is 1. The third-order valence-electron chi connectivity index (χ3n) is 2.91. The summed E-state index contributed by atoms with van der Waals surface area (Å²) in [4.78, 5) is 13.5. The summed E-state index contributed by atoms with van der Waals surface area (Å²) >= 11 is 6.71. The molecule has 6 heteroatoms. The Hall–Kier alpha value is -0.590. The molecule has 0 aliphatic heterocycles. The second kappa shape index (κ2) is 6.72. The molecule has 0 unspecified atom stereocenters. The zero-order valence-electron chi connectivity index (χ0n) is 11.1. The van der Waals surface area contributed by atoms with Gasteiger partial charge in [0.05, 0.1) is 16.6 Å². The molecule has 1 rings (SSSR count). The fraction of sp³-hybridized carbons (Fsp3) is 0.462. The van der Waals surface area contributed by atoms with E-state index in [1.54, 1.807) is 27.0 Å². The minimum Gasteiger partial charge on any atom is -0.483 e. The van der Waals surface area contributed by atoms with Gasteiger partial charge in [0.25, 0.3) is 5.91 Å². The van der Waals surface area contributed by atoms with Crippen molar-refractivity contribution < 1.29 is 14.6 Å². The van der Waals surface area contributed by atoms with E-state index in [9.17, 15) is 9.90 Å². The van der Waals surface area contributed by atoms with E-state index in [2.05, 4.69) is 31.9 Å². The van der Waals surface area contributed by atoms with Crippen molar-refractivity contribution >= 4 is 37.8 Å². The molecule has 0 saturated carbocycles. The van der Waals surface area contributed by atoms with Gasteiger partial charge >= 0.3 is 0 Å². The normalized spacial score (nSPS) is 11.3. The Morgan fingerprint density at radius 2 is 2.05 bits per heavy atom. The Kier molecular flexibility index (Phi) is 5.82. The number of carbonyl (C=O) groups is 1. The maximum absolute atomic E-state index is 12.0. The van der Waals surface area contributed by atoms with Crippen molar-refractivity contribution in [3.8, 4) is 5.75 Å². The van der Waals surface area contributed by atoms with Crippen LogP contribution in [-0.4, -0.2) is 41.7 Å². The number of hydrogen-bond donors (Lipinski definition) is 1. The molecule has 0 heterocycles. The van der Waals surface area contributed by atoms with E-state index < -0.39 is 5.54 Å². The van der Waals surface area contributed by atoms with E-state index in [0.717, 1.165) is 8.95 Å². The van der Waals surface area contributed by atoms with Crippen LogP contribution in [-0.2, 0) is 4.79 Å². The van der Waals surface area contributed by atoms with Gasteiger partial charge in [-0.05, 0) is 48.0 Å². The number of benzene rings is 1. The largest absolute Gasteiger partial charge is 0.483 e. The van der Waals surface area contributed by atoms with Crippen LogP contribution in [0.2, 0.25) is 0 Å². The minimum absolute atomic E-state index is 0.0693. The highest BCUT2D eigenvalue weighted by atomic mass is 79.9. The first-order valence-electron chi connectivity index (χ1n) is 5.73. The molecule has 1 aromatic rings. The van der Waals surface area contributed by atoms with Gasteiger partial charge in [0.2, 0.25) is 0 Å². The van der Waals surface area contributed by atoms with Gasteiger partial charge in [0.15, 0.2) is 6.61 Å². The molecule has 0 radical (unpaired) electrons. The molecular formula is C13H17Br2NO3. The van der Waals surface area contributed by atoms with Crippen molar-refractivity contribution in [3.05, 3.63) is 27.1 Å². The van der Waals surface area contributed by atoms with E-state index >= 15 is 0 Å². The summed E-state index contributed by atoms with van der Waals surface area (Å²) in [6.07, 6.45) is 0. The quantitative estimate of drug-likeness (QED) is 0.835. The van der Waals surface area contributed by atoms with Crippen LogP contribution < -0.4 is 4.74 Å². The van der Waals surface area contributed by atoms with E-state index in [1.165, 1.54) is 4.90 Å². The summed E-state index contributed by atoms with van der Waals surface area (Å²) in [5.41, 5.74) is -0.600. The number of rotatable bonds is 5. The predicted molar refractivity (Wildman–Crippen MR) is 81.3 cm³/mol. The zero-order chi connectivity index (χ0) is 14.6. The van der Waals surface area contributed by atoms with Gasteiger partial charge < -0.3 is 14.7 Å². The summed E-state index contributed by atoms with van der Waals surface area (Å²) in [5, 5.41) is 9.23. The lowest BCUT2D eigenvalue weighted by Gasteiger charge is -2.33. The molecule has 0 aromatic heterocycles. The molecule has 0 bridgehead atoms. The SMILES string of the molecule is CN(C(=O)COc1ccc(Br)cc1Br)C(C)(C)CO. The Balaban J connectivity index is 2.64. The van der Waals surface area contributed by atoms with Crippen LogP contribution in [0, 0.1) is 0 Å². The molecule has 106 valence electrons. The topological polar surface area (TPSA) is 49.8 Å². The highest BCUT2D eigenvalue weighted by molar-refractivity contribution is 9.11. The summed E-state index contributed by atoms with van der Waals surface area (Å²) in [6, 6.07) is 5.46. The van der Waals surface area contributed by atoms with Gasteiger partial charge in [-0.2, -0.15) is 0 Å². The second-order valence-electron chi connectivity index (χ2n) is 4.79. The number of aliphatic hydroxyl groups is 1. The van der Waals surface area contributed by atoms with Gasteiger partial charge in [-0.25, -0.2) is 0 Å². The van der Waals surface area contributed by atoms with Gasteiger partial charge in [-0.15, -0.1) is 0 Å². The molecular weight excluding hydrogens is 378 g/mol. The monoisotopic (exact) mass is 393 g/mol. The number of aliphatic hydroxyl groups excluding tert-OH is 1. The van der Waals surface area contributed by atoms with Crippen molar-refractivity contribution in [2.45, 2.75) is 19.4 Å². The van der Waals surface area contributed by atoms with Crippen molar-refractivity contribution in [3.63, 3.8) is 0 Å². The molecule has 0 aliphatic rings. The molecule has 4 nitrogen and oxygen atoms in total. The fourth-order valence-electron chi connectivity index (χ4n) is 1.27. The minimum atomic E-state index is -0.600. The lowest BCUT2D eigenvalue weighted by molar-refractivity contribution is -0.138. The highest BCUT2D eigenvalue weighted by Gasteiger charge is 2.26. The Labute approximate surface area is 130 Å². The molecule has 0 fully saturated rings. The number of ether oxygens (including phenoxy) is 1. The van der Waals surface area contributed by atoms with Crippen LogP contribution in [0.5, 0.6) is 5.75 Å². The Morgan fingerprint density at radius 3 is 2.58 bits per heavy atom. The first-order chi connectivity index (χ1) is 8.77. The van der Waals surface area contributed by atoms with Gasteiger partial charge in [-0.1, -0.05) is 15.9 Å². The lowest BCUT2D eigenvalue weighted by Crippen LogP contribution is -2.49. The molecule has 1 N–H and O–H groups in total.